The van der Waals surface area contributed by atoms with Crippen LogP contribution in [0.15, 0.2) is 41.4 Å². The number of benzene rings is 2. The monoisotopic (exact) mass is 387 g/mol. The molecule has 1 unspecified atom stereocenters. The van der Waals surface area contributed by atoms with Crippen molar-refractivity contribution in [3.8, 4) is 23.0 Å². The molecule has 0 radical (unpaired) electrons. The molecule has 2 aromatic carbocycles. The van der Waals surface area contributed by atoms with Crippen LogP contribution in [0.5, 0.6) is 23.0 Å². The average Bonchev–Trinajstić information content (AvgIpc) is 2.72. The topological polar surface area (TPSA) is 84.3 Å². The van der Waals surface area contributed by atoms with Crippen molar-refractivity contribution in [1.29, 1.82) is 0 Å². The number of rotatable bonds is 8. The summed E-state index contributed by atoms with van der Waals surface area (Å²) in [5, 5.41) is 16.7. The van der Waals surface area contributed by atoms with E-state index in [0.29, 0.717) is 30.4 Å². The maximum atomic E-state index is 10.1. The Balaban J connectivity index is 2.21. The lowest BCUT2D eigenvalue weighted by Crippen LogP contribution is -2.38. The second-order valence-corrected chi connectivity index (χ2v) is 6.16. The molecule has 0 saturated carbocycles. The van der Waals surface area contributed by atoms with Gasteiger partial charge in [0.1, 0.15) is 23.0 Å². The molecule has 0 aliphatic carbocycles. The zero-order valence-corrected chi connectivity index (χ0v) is 17.1. The van der Waals surface area contributed by atoms with Gasteiger partial charge in [-0.1, -0.05) is 0 Å². The maximum absolute atomic E-state index is 10.1. The lowest BCUT2D eigenvalue weighted by atomic mass is 10.1. The molecule has 2 aromatic rings. The van der Waals surface area contributed by atoms with Crippen LogP contribution in [-0.2, 0) is 6.54 Å². The van der Waals surface area contributed by atoms with Gasteiger partial charge >= 0.3 is 0 Å². The lowest BCUT2D eigenvalue weighted by molar-refractivity contribution is 0.394. The van der Waals surface area contributed by atoms with Crippen LogP contribution in [-0.4, -0.2) is 38.9 Å². The number of hydrogen-bond acceptors (Lipinski definition) is 5. The molecule has 0 heterocycles. The number of phenols is 1. The quantitative estimate of drug-likeness (QED) is 0.476. The minimum absolute atomic E-state index is 0.0817. The molecule has 2 rings (SSSR count). The van der Waals surface area contributed by atoms with Crippen LogP contribution in [0.4, 0.5) is 0 Å². The Kier molecular flexibility index (Phi) is 7.80. The third kappa shape index (κ3) is 5.45. The Morgan fingerprint density at radius 1 is 1.04 bits per heavy atom. The van der Waals surface area contributed by atoms with Crippen LogP contribution >= 0.6 is 0 Å². The molecule has 0 aliphatic heterocycles. The number of nitrogens with one attached hydrogen (secondary N) is 2. The molecule has 7 heteroatoms. The Bertz CT molecular complexity index is 808. The van der Waals surface area contributed by atoms with E-state index in [-0.39, 0.29) is 11.8 Å². The maximum Gasteiger partial charge on any atom is 0.192 e. The highest BCUT2D eigenvalue weighted by molar-refractivity contribution is 5.80. The van der Waals surface area contributed by atoms with E-state index in [1.54, 1.807) is 39.5 Å². The zero-order chi connectivity index (χ0) is 20.5. The summed E-state index contributed by atoms with van der Waals surface area (Å²) >= 11 is 0. The molecule has 0 bridgehead atoms. The second-order valence-electron chi connectivity index (χ2n) is 6.16. The number of ether oxygens (including phenoxy) is 3. The van der Waals surface area contributed by atoms with Crippen LogP contribution in [0, 0.1) is 0 Å². The second kappa shape index (κ2) is 10.3. The van der Waals surface area contributed by atoms with E-state index in [2.05, 4.69) is 15.6 Å². The van der Waals surface area contributed by atoms with Crippen molar-refractivity contribution >= 4 is 5.96 Å². The molecule has 3 N–H and O–H groups in total. The van der Waals surface area contributed by atoms with Gasteiger partial charge in [-0.15, -0.1) is 0 Å². The molecule has 0 saturated heterocycles. The number of methoxy groups -OCH3 is 3. The molecule has 0 fully saturated rings. The first kappa shape index (κ1) is 21.2. The summed E-state index contributed by atoms with van der Waals surface area (Å²) in [6.45, 7) is 5.03. The summed E-state index contributed by atoms with van der Waals surface area (Å²) in [6.07, 6.45) is 0. The first-order chi connectivity index (χ1) is 13.5. The Labute approximate surface area is 166 Å². The van der Waals surface area contributed by atoms with Crippen LogP contribution in [0.25, 0.3) is 0 Å². The van der Waals surface area contributed by atoms with Crippen LogP contribution in [0.2, 0.25) is 0 Å². The predicted molar refractivity (Wildman–Crippen MR) is 111 cm³/mol. The van der Waals surface area contributed by atoms with Gasteiger partial charge in [-0.3, -0.25) is 0 Å². The summed E-state index contributed by atoms with van der Waals surface area (Å²) in [7, 11) is 4.87. The van der Waals surface area contributed by atoms with E-state index in [1.165, 1.54) is 0 Å². The van der Waals surface area contributed by atoms with E-state index >= 15 is 0 Å². The summed E-state index contributed by atoms with van der Waals surface area (Å²) in [5.41, 5.74) is 1.64. The number of aromatic hydroxyl groups is 1. The fraction of sp³-hybridized carbons (Fsp3) is 0.381. The minimum Gasteiger partial charge on any atom is -0.508 e. The van der Waals surface area contributed by atoms with Gasteiger partial charge in [-0.25, -0.2) is 4.99 Å². The van der Waals surface area contributed by atoms with E-state index in [0.717, 1.165) is 17.1 Å². The highest BCUT2D eigenvalue weighted by Crippen LogP contribution is 2.29. The molecule has 28 heavy (non-hydrogen) atoms. The highest BCUT2D eigenvalue weighted by Gasteiger charge is 2.14. The molecular formula is C21H29N3O4. The lowest BCUT2D eigenvalue weighted by Gasteiger charge is -2.21. The molecule has 152 valence electrons. The van der Waals surface area contributed by atoms with Gasteiger partial charge in [-0.05, 0) is 50.2 Å². The van der Waals surface area contributed by atoms with E-state index in [1.807, 2.05) is 32.0 Å². The Hall–Kier alpha value is -3.09. The standard InChI is InChI=1S/C21H29N3O4/c1-6-22-21(23-13-15-11-16(26-3)7-9-19(15)25)24-14(2)18-12-17(27-4)8-10-20(18)28-5/h7-12,14,25H,6,13H2,1-5H3,(H2,22,23,24). The number of guanidine groups is 1. The zero-order valence-electron chi connectivity index (χ0n) is 17.1. The van der Waals surface area contributed by atoms with E-state index in [4.69, 9.17) is 14.2 Å². The van der Waals surface area contributed by atoms with Gasteiger partial charge in [0.2, 0.25) is 0 Å². The first-order valence-corrected chi connectivity index (χ1v) is 9.15. The number of hydrogen-bond donors (Lipinski definition) is 3. The van der Waals surface area contributed by atoms with Gasteiger partial charge < -0.3 is 30.0 Å². The van der Waals surface area contributed by atoms with Gasteiger partial charge in [0.05, 0.1) is 33.9 Å². The summed E-state index contributed by atoms with van der Waals surface area (Å²) < 4.78 is 16.0. The summed E-state index contributed by atoms with van der Waals surface area (Å²) in [5.74, 6) is 3.01. The predicted octanol–water partition coefficient (Wildman–Crippen LogP) is 3.23. The van der Waals surface area contributed by atoms with Crippen molar-refractivity contribution in [2.24, 2.45) is 4.99 Å². The normalized spacial score (nSPS) is 12.2. The molecular weight excluding hydrogens is 358 g/mol. The van der Waals surface area contributed by atoms with Crippen molar-refractivity contribution in [3.63, 3.8) is 0 Å². The summed E-state index contributed by atoms with van der Waals surface area (Å²) in [6, 6.07) is 10.7. The van der Waals surface area contributed by atoms with E-state index < -0.39 is 0 Å². The summed E-state index contributed by atoms with van der Waals surface area (Å²) in [4.78, 5) is 4.59. The van der Waals surface area contributed by atoms with Crippen molar-refractivity contribution in [2.75, 3.05) is 27.9 Å². The highest BCUT2D eigenvalue weighted by atomic mass is 16.5. The van der Waals surface area contributed by atoms with E-state index in [9.17, 15) is 5.11 Å². The number of nitrogens with zero attached hydrogens (tertiary/aromatic N) is 1. The number of phenolic OH excluding ortho intramolecular Hbond substituents is 1. The van der Waals surface area contributed by atoms with Crippen molar-refractivity contribution < 1.29 is 19.3 Å². The van der Waals surface area contributed by atoms with Crippen molar-refractivity contribution in [3.05, 3.63) is 47.5 Å². The fourth-order valence-electron chi connectivity index (χ4n) is 2.76. The van der Waals surface area contributed by atoms with Gasteiger partial charge in [0.25, 0.3) is 0 Å². The van der Waals surface area contributed by atoms with Gasteiger partial charge in [0, 0.05) is 17.7 Å². The van der Waals surface area contributed by atoms with Crippen molar-refractivity contribution in [2.45, 2.75) is 26.4 Å². The molecule has 1 atom stereocenters. The third-order valence-corrected chi connectivity index (χ3v) is 4.29. The molecule has 0 spiro atoms. The molecule has 0 amide bonds. The van der Waals surface area contributed by atoms with Crippen molar-refractivity contribution in [1.82, 2.24) is 10.6 Å². The fourth-order valence-corrected chi connectivity index (χ4v) is 2.76. The molecule has 7 nitrogen and oxygen atoms in total. The largest absolute Gasteiger partial charge is 0.508 e. The van der Waals surface area contributed by atoms with Gasteiger partial charge in [0.15, 0.2) is 5.96 Å². The minimum atomic E-state index is -0.0817. The van der Waals surface area contributed by atoms with Gasteiger partial charge in [-0.2, -0.15) is 0 Å². The Morgan fingerprint density at radius 3 is 2.36 bits per heavy atom. The third-order valence-electron chi connectivity index (χ3n) is 4.29. The smallest absolute Gasteiger partial charge is 0.192 e. The van der Waals surface area contributed by atoms with Crippen LogP contribution in [0.3, 0.4) is 0 Å². The number of aliphatic imine (C=N–C) groups is 1. The average molecular weight is 387 g/mol. The molecule has 0 aliphatic rings. The first-order valence-electron chi connectivity index (χ1n) is 9.15. The Morgan fingerprint density at radius 2 is 1.71 bits per heavy atom. The van der Waals surface area contributed by atoms with Crippen LogP contribution in [0.1, 0.15) is 31.0 Å². The molecule has 0 aromatic heterocycles. The van der Waals surface area contributed by atoms with Crippen LogP contribution < -0.4 is 24.8 Å². The SMILES string of the molecule is CCNC(=NCc1cc(OC)ccc1O)NC(C)c1cc(OC)ccc1OC.